The Labute approximate surface area is 100 Å². The highest BCUT2D eigenvalue weighted by atomic mass is 35.5. The average molecular weight is 249 g/mol. The quantitative estimate of drug-likeness (QED) is 0.567. The molecule has 0 heterocycles. The molecular weight excluding hydrogens is 235 g/mol. The lowest BCUT2D eigenvalue weighted by molar-refractivity contribution is 0.172. The molecule has 0 aromatic heterocycles. The first-order chi connectivity index (χ1) is 7.27. The Hall–Kier alpha value is -0.440. The summed E-state index contributed by atoms with van der Waals surface area (Å²) in [5, 5.41) is 0.676. The predicted molar refractivity (Wildman–Crippen MR) is 63.0 cm³/mol. The molecule has 1 aromatic carbocycles. The van der Waals surface area contributed by atoms with Gasteiger partial charge in [0.15, 0.2) is 0 Å². The van der Waals surface area contributed by atoms with Crippen LogP contribution in [0.15, 0.2) is 18.2 Å². The molecule has 0 aliphatic carbocycles. The van der Waals surface area contributed by atoms with Crippen LogP contribution in [0.4, 0.5) is 0 Å². The van der Waals surface area contributed by atoms with Crippen molar-refractivity contribution in [2.75, 3.05) is 20.3 Å². The normalized spacial score (nSPS) is 10.3. The van der Waals surface area contributed by atoms with Gasteiger partial charge < -0.3 is 9.47 Å². The molecule has 2 nitrogen and oxygen atoms in total. The largest absolute Gasteiger partial charge is 0.493 e. The van der Waals surface area contributed by atoms with Crippen LogP contribution in [0.3, 0.4) is 0 Å². The van der Waals surface area contributed by atoms with Crippen molar-refractivity contribution in [2.24, 2.45) is 0 Å². The fraction of sp³-hybridized carbons (Fsp3) is 0.455. The van der Waals surface area contributed by atoms with Gasteiger partial charge in [-0.3, -0.25) is 0 Å². The van der Waals surface area contributed by atoms with Crippen LogP contribution in [0, 0.1) is 0 Å². The summed E-state index contributed by atoms with van der Waals surface area (Å²) in [5.74, 6) is 1.20. The first kappa shape index (κ1) is 12.6. The fourth-order valence-electron chi connectivity index (χ4n) is 1.18. The zero-order valence-electron chi connectivity index (χ0n) is 8.63. The number of methoxy groups -OCH3 is 1. The molecule has 4 heteroatoms. The van der Waals surface area contributed by atoms with E-state index in [1.54, 1.807) is 13.2 Å². The summed E-state index contributed by atoms with van der Waals surface area (Å²) in [6.07, 6.45) is 0.862. The highest BCUT2D eigenvalue weighted by Gasteiger charge is 2.03. The number of halogens is 2. The van der Waals surface area contributed by atoms with Crippen LogP contribution in [0.1, 0.15) is 12.0 Å². The Morgan fingerprint density at radius 2 is 2.07 bits per heavy atom. The van der Waals surface area contributed by atoms with Crippen LogP contribution < -0.4 is 4.74 Å². The summed E-state index contributed by atoms with van der Waals surface area (Å²) in [7, 11) is 1.67. The third-order valence-corrected chi connectivity index (χ3v) is 2.44. The van der Waals surface area contributed by atoms with Gasteiger partial charge in [-0.1, -0.05) is 11.6 Å². The lowest BCUT2D eigenvalue weighted by Gasteiger charge is -2.09. The number of rotatable bonds is 6. The van der Waals surface area contributed by atoms with Crippen LogP contribution in [0.5, 0.6) is 5.75 Å². The van der Waals surface area contributed by atoms with Crippen molar-refractivity contribution in [2.45, 2.75) is 12.3 Å². The molecule has 1 rings (SSSR count). The van der Waals surface area contributed by atoms with E-state index in [9.17, 15) is 0 Å². The SMILES string of the molecule is COCCCOc1ccc(Cl)cc1CCl. The second kappa shape index (κ2) is 6.94. The number of alkyl halides is 1. The van der Waals surface area contributed by atoms with Crippen LogP contribution in [0.25, 0.3) is 0 Å². The summed E-state index contributed by atoms with van der Waals surface area (Å²) in [4.78, 5) is 0. The van der Waals surface area contributed by atoms with Crippen molar-refractivity contribution in [3.63, 3.8) is 0 Å². The molecule has 0 fully saturated rings. The average Bonchev–Trinajstić information content (AvgIpc) is 2.26. The van der Waals surface area contributed by atoms with Gasteiger partial charge in [0.1, 0.15) is 5.75 Å². The topological polar surface area (TPSA) is 18.5 Å². The second-order valence-electron chi connectivity index (χ2n) is 3.08. The highest BCUT2D eigenvalue weighted by molar-refractivity contribution is 6.30. The molecule has 1 aromatic rings. The first-order valence-electron chi connectivity index (χ1n) is 4.74. The van der Waals surface area contributed by atoms with Crippen molar-refractivity contribution in [1.29, 1.82) is 0 Å². The molecular formula is C11H14Cl2O2. The van der Waals surface area contributed by atoms with Crippen molar-refractivity contribution < 1.29 is 9.47 Å². The molecule has 0 saturated heterocycles. The number of hydrogen-bond donors (Lipinski definition) is 0. The third kappa shape index (κ3) is 4.29. The van der Waals surface area contributed by atoms with Crippen LogP contribution in [-0.4, -0.2) is 20.3 Å². The van der Waals surface area contributed by atoms with E-state index in [0.29, 0.717) is 24.1 Å². The van der Waals surface area contributed by atoms with Crippen LogP contribution in [-0.2, 0) is 10.6 Å². The van der Waals surface area contributed by atoms with E-state index in [0.717, 1.165) is 17.7 Å². The van der Waals surface area contributed by atoms with Crippen LogP contribution >= 0.6 is 23.2 Å². The van der Waals surface area contributed by atoms with E-state index in [1.165, 1.54) is 0 Å². The molecule has 0 radical (unpaired) electrons. The summed E-state index contributed by atoms with van der Waals surface area (Å²) in [5.41, 5.74) is 0.918. The Bertz CT molecular complexity index is 303. The lowest BCUT2D eigenvalue weighted by atomic mass is 10.2. The first-order valence-corrected chi connectivity index (χ1v) is 5.65. The monoisotopic (exact) mass is 248 g/mol. The molecule has 0 bridgehead atoms. The minimum absolute atomic E-state index is 0.403. The summed E-state index contributed by atoms with van der Waals surface area (Å²) >= 11 is 11.6. The number of benzene rings is 1. The zero-order valence-corrected chi connectivity index (χ0v) is 10.1. The minimum Gasteiger partial charge on any atom is -0.493 e. The zero-order chi connectivity index (χ0) is 11.1. The van der Waals surface area contributed by atoms with E-state index >= 15 is 0 Å². The van der Waals surface area contributed by atoms with Gasteiger partial charge >= 0.3 is 0 Å². The highest BCUT2D eigenvalue weighted by Crippen LogP contribution is 2.24. The Balaban J connectivity index is 2.52. The van der Waals surface area contributed by atoms with Gasteiger partial charge in [0.25, 0.3) is 0 Å². The summed E-state index contributed by atoms with van der Waals surface area (Å²) in [6.45, 7) is 1.32. The Morgan fingerprint density at radius 3 is 2.73 bits per heavy atom. The number of ether oxygens (including phenoxy) is 2. The van der Waals surface area contributed by atoms with Crippen molar-refractivity contribution in [3.05, 3.63) is 28.8 Å². The van der Waals surface area contributed by atoms with Gasteiger partial charge in [0, 0.05) is 30.7 Å². The number of hydrogen-bond acceptors (Lipinski definition) is 2. The van der Waals surface area contributed by atoms with Crippen LogP contribution in [0.2, 0.25) is 5.02 Å². The molecule has 0 aliphatic rings. The van der Waals surface area contributed by atoms with E-state index in [-0.39, 0.29) is 0 Å². The molecule has 0 unspecified atom stereocenters. The van der Waals surface area contributed by atoms with Gasteiger partial charge in [-0.25, -0.2) is 0 Å². The maximum absolute atomic E-state index is 5.85. The van der Waals surface area contributed by atoms with E-state index < -0.39 is 0 Å². The van der Waals surface area contributed by atoms with Crippen molar-refractivity contribution in [1.82, 2.24) is 0 Å². The molecule has 0 spiro atoms. The molecule has 0 amide bonds. The second-order valence-corrected chi connectivity index (χ2v) is 3.78. The maximum Gasteiger partial charge on any atom is 0.123 e. The molecule has 84 valence electrons. The van der Waals surface area contributed by atoms with Gasteiger partial charge in [0.05, 0.1) is 12.5 Å². The summed E-state index contributed by atoms with van der Waals surface area (Å²) < 4.78 is 10.5. The van der Waals surface area contributed by atoms with Gasteiger partial charge in [0.2, 0.25) is 0 Å². The molecule has 0 atom stereocenters. The van der Waals surface area contributed by atoms with E-state index in [4.69, 9.17) is 32.7 Å². The van der Waals surface area contributed by atoms with Crippen molar-refractivity contribution in [3.8, 4) is 5.75 Å². The standard InChI is InChI=1S/C11H14Cl2O2/c1-14-5-2-6-15-11-4-3-10(13)7-9(11)8-12/h3-4,7H,2,5-6,8H2,1H3. The fourth-order valence-corrected chi connectivity index (χ4v) is 1.58. The minimum atomic E-state index is 0.403. The van der Waals surface area contributed by atoms with E-state index in [2.05, 4.69) is 0 Å². The molecule has 0 aliphatic heterocycles. The lowest BCUT2D eigenvalue weighted by Crippen LogP contribution is -2.02. The molecule has 0 saturated carbocycles. The Morgan fingerprint density at radius 1 is 1.27 bits per heavy atom. The van der Waals surface area contributed by atoms with Gasteiger partial charge in [-0.15, -0.1) is 11.6 Å². The van der Waals surface area contributed by atoms with E-state index in [1.807, 2.05) is 12.1 Å². The third-order valence-electron chi connectivity index (χ3n) is 1.92. The van der Waals surface area contributed by atoms with Gasteiger partial charge in [-0.05, 0) is 18.2 Å². The van der Waals surface area contributed by atoms with Gasteiger partial charge in [-0.2, -0.15) is 0 Å². The molecule has 0 N–H and O–H groups in total. The predicted octanol–water partition coefficient (Wildman–Crippen LogP) is 3.49. The molecule has 15 heavy (non-hydrogen) atoms. The Kier molecular flexibility index (Phi) is 5.84. The summed E-state index contributed by atoms with van der Waals surface area (Å²) in [6, 6.07) is 5.45. The van der Waals surface area contributed by atoms with Crippen molar-refractivity contribution >= 4 is 23.2 Å². The maximum atomic E-state index is 5.85. The smallest absolute Gasteiger partial charge is 0.123 e.